The molecule has 1 saturated heterocycles. The van der Waals surface area contributed by atoms with E-state index in [4.69, 9.17) is 16.3 Å². The summed E-state index contributed by atoms with van der Waals surface area (Å²) in [5.74, 6) is -0.251. The summed E-state index contributed by atoms with van der Waals surface area (Å²) in [6.45, 7) is 7.40. The van der Waals surface area contributed by atoms with E-state index < -0.39 is 39.6 Å². The van der Waals surface area contributed by atoms with Gasteiger partial charge in [0.05, 0.1) is 11.0 Å². The van der Waals surface area contributed by atoms with Gasteiger partial charge in [0.1, 0.15) is 17.8 Å². The quantitative estimate of drug-likeness (QED) is 0.497. The van der Waals surface area contributed by atoms with Crippen LogP contribution >= 0.6 is 27.5 Å². The van der Waals surface area contributed by atoms with Gasteiger partial charge in [-0.1, -0.05) is 29.8 Å². The number of fused-ring (bicyclic) bond motifs is 2. The summed E-state index contributed by atoms with van der Waals surface area (Å²) < 4.78 is 5.77. The van der Waals surface area contributed by atoms with Gasteiger partial charge < -0.3 is 14.9 Å². The number of aliphatic hydroxyl groups excluding tert-OH is 2. The van der Waals surface area contributed by atoms with E-state index >= 15 is 0 Å². The predicted molar refractivity (Wildman–Crippen MR) is 82.7 cm³/mol. The van der Waals surface area contributed by atoms with Crippen LogP contribution in [0.1, 0.15) is 40.5 Å². The Labute approximate surface area is 138 Å². The number of carbonyl (C=O) groups is 1. The maximum Gasteiger partial charge on any atom is 0.170 e. The second kappa shape index (κ2) is 4.23. The zero-order valence-corrected chi connectivity index (χ0v) is 15.0. The van der Waals surface area contributed by atoms with Crippen LogP contribution in [0.2, 0.25) is 0 Å². The van der Waals surface area contributed by atoms with Crippen molar-refractivity contribution < 1.29 is 19.7 Å². The summed E-state index contributed by atoms with van der Waals surface area (Å²) in [7, 11) is 0. The fourth-order valence-electron chi connectivity index (χ4n) is 4.82. The zero-order chi connectivity index (χ0) is 16.0. The van der Waals surface area contributed by atoms with Gasteiger partial charge in [-0.2, -0.15) is 0 Å². The van der Waals surface area contributed by atoms with E-state index in [1.165, 1.54) is 0 Å². The van der Waals surface area contributed by atoms with Gasteiger partial charge in [0.15, 0.2) is 5.78 Å². The van der Waals surface area contributed by atoms with E-state index in [9.17, 15) is 15.0 Å². The van der Waals surface area contributed by atoms with Gasteiger partial charge >= 0.3 is 0 Å². The molecule has 3 rings (SSSR count). The molecule has 1 aliphatic heterocycles. The summed E-state index contributed by atoms with van der Waals surface area (Å²) in [5, 5.41) is 21.1. The standard InChI is InChI=1S/C15H22BrClO4/c1-12(2)10(20)9(19)11-14(4,21-11)15(12)5-7(16)13(3,17)6-8(15)18/h7-9,11,18-19H,5-6H2,1-4H3. The third-order valence-electron chi connectivity index (χ3n) is 6.35. The summed E-state index contributed by atoms with van der Waals surface area (Å²) in [6, 6.07) is 0. The lowest BCUT2D eigenvalue weighted by Gasteiger charge is -2.59. The third kappa shape index (κ3) is 1.70. The lowest BCUT2D eigenvalue weighted by Crippen LogP contribution is -2.69. The molecule has 1 spiro atoms. The molecule has 7 unspecified atom stereocenters. The van der Waals surface area contributed by atoms with E-state index in [0.29, 0.717) is 12.8 Å². The molecule has 0 aromatic carbocycles. The maximum atomic E-state index is 12.6. The number of alkyl halides is 2. The molecule has 0 amide bonds. The Morgan fingerprint density at radius 2 is 1.81 bits per heavy atom. The van der Waals surface area contributed by atoms with Crippen molar-refractivity contribution in [1.29, 1.82) is 0 Å². The molecule has 3 fully saturated rings. The molecule has 0 radical (unpaired) electrons. The van der Waals surface area contributed by atoms with Crippen LogP contribution in [0.15, 0.2) is 0 Å². The highest BCUT2D eigenvalue weighted by molar-refractivity contribution is 9.09. The number of rotatable bonds is 0. The van der Waals surface area contributed by atoms with E-state index in [2.05, 4.69) is 15.9 Å². The minimum absolute atomic E-state index is 0.0425. The minimum Gasteiger partial charge on any atom is -0.392 e. The number of hydrogen-bond donors (Lipinski definition) is 2. The number of carbonyl (C=O) groups excluding carboxylic acids is 1. The molecule has 2 aliphatic carbocycles. The van der Waals surface area contributed by atoms with Gasteiger partial charge in [0.25, 0.3) is 0 Å². The molecule has 21 heavy (non-hydrogen) atoms. The Hall–Kier alpha value is 0.320. The molecule has 0 aromatic rings. The lowest BCUT2D eigenvalue weighted by atomic mass is 9.45. The molecule has 1 heterocycles. The van der Waals surface area contributed by atoms with Gasteiger partial charge in [0, 0.05) is 15.7 Å². The van der Waals surface area contributed by atoms with E-state index in [0.717, 1.165) is 0 Å². The summed E-state index contributed by atoms with van der Waals surface area (Å²) in [5.41, 5.74) is -2.32. The molecule has 4 nitrogen and oxygen atoms in total. The molecular formula is C15H22BrClO4. The second-order valence-corrected chi connectivity index (χ2v) is 9.69. The molecular weight excluding hydrogens is 360 g/mol. The first-order valence-electron chi connectivity index (χ1n) is 7.33. The molecule has 2 N–H and O–H groups in total. The van der Waals surface area contributed by atoms with Gasteiger partial charge in [-0.15, -0.1) is 11.6 Å². The number of ketones is 1. The van der Waals surface area contributed by atoms with Gasteiger partial charge in [0.2, 0.25) is 0 Å². The molecule has 7 atom stereocenters. The van der Waals surface area contributed by atoms with Crippen LogP contribution in [0.5, 0.6) is 0 Å². The van der Waals surface area contributed by atoms with E-state index in [1.807, 2.05) is 27.7 Å². The van der Waals surface area contributed by atoms with Crippen molar-refractivity contribution in [2.75, 3.05) is 0 Å². The van der Waals surface area contributed by atoms with Crippen LogP contribution in [0.4, 0.5) is 0 Å². The van der Waals surface area contributed by atoms with E-state index in [-0.39, 0.29) is 10.6 Å². The Kier molecular flexibility index (Phi) is 3.26. The number of hydrogen-bond acceptors (Lipinski definition) is 4. The van der Waals surface area contributed by atoms with Crippen molar-refractivity contribution in [3.05, 3.63) is 0 Å². The average molecular weight is 382 g/mol. The lowest BCUT2D eigenvalue weighted by molar-refractivity contribution is -0.176. The number of Topliss-reactive ketones (excluding diaryl/α,β-unsaturated/α-hetero) is 1. The van der Waals surface area contributed by atoms with Gasteiger partial charge in [-0.25, -0.2) is 0 Å². The normalized spacial score (nSPS) is 59.0. The first kappa shape index (κ1) is 16.2. The Balaban J connectivity index is 2.12. The molecule has 120 valence electrons. The van der Waals surface area contributed by atoms with Crippen molar-refractivity contribution in [2.24, 2.45) is 10.8 Å². The highest BCUT2D eigenvalue weighted by atomic mass is 79.9. The molecule has 0 aromatic heterocycles. The smallest absolute Gasteiger partial charge is 0.170 e. The summed E-state index contributed by atoms with van der Waals surface area (Å²) >= 11 is 10.1. The van der Waals surface area contributed by atoms with Gasteiger partial charge in [-0.05, 0) is 26.7 Å². The van der Waals surface area contributed by atoms with Crippen LogP contribution in [0.3, 0.4) is 0 Å². The Bertz CT molecular complexity index is 508. The molecule has 2 saturated carbocycles. The van der Waals surface area contributed by atoms with Crippen LogP contribution in [-0.4, -0.2) is 49.6 Å². The topological polar surface area (TPSA) is 70.1 Å². The minimum atomic E-state index is -1.11. The number of aliphatic hydroxyl groups is 2. The van der Waals surface area contributed by atoms with Crippen molar-refractivity contribution in [3.63, 3.8) is 0 Å². The highest BCUT2D eigenvalue weighted by Crippen LogP contribution is 2.70. The first-order chi connectivity index (χ1) is 9.42. The van der Waals surface area contributed by atoms with Crippen LogP contribution in [0.25, 0.3) is 0 Å². The Morgan fingerprint density at radius 1 is 1.24 bits per heavy atom. The van der Waals surface area contributed by atoms with Gasteiger partial charge in [-0.3, -0.25) is 4.79 Å². The zero-order valence-electron chi connectivity index (χ0n) is 12.7. The fourth-order valence-corrected chi connectivity index (χ4v) is 5.74. The van der Waals surface area contributed by atoms with E-state index in [1.54, 1.807) is 0 Å². The summed E-state index contributed by atoms with van der Waals surface area (Å²) in [4.78, 5) is 12.0. The molecule has 6 heteroatoms. The third-order valence-corrected chi connectivity index (χ3v) is 8.36. The summed E-state index contributed by atoms with van der Waals surface area (Å²) in [6.07, 6.45) is -1.47. The highest BCUT2D eigenvalue weighted by Gasteiger charge is 2.81. The monoisotopic (exact) mass is 380 g/mol. The molecule has 3 aliphatic rings. The van der Waals surface area contributed by atoms with Crippen LogP contribution < -0.4 is 0 Å². The van der Waals surface area contributed by atoms with Crippen molar-refractivity contribution in [3.8, 4) is 0 Å². The van der Waals surface area contributed by atoms with Crippen molar-refractivity contribution in [1.82, 2.24) is 0 Å². The average Bonchev–Trinajstić information content (AvgIpc) is 3.04. The fraction of sp³-hybridized carbons (Fsp3) is 0.933. The largest absolute Gasteiger partial charge is 0.392 e. The first-order valence-corrected chi connectivity index (χ1v) is 8.62. The SMILES string of the molecule is CC1(Cl)CC(O)C2(CC1Br)C(C)(C)C(=O)C(O)C1OC12C. The number of epoxide rings is 1. The number of halogens is 2. The predicted octanol–water partition coefficient (Wildman–Crippen LogP) is 2.02. The number of ether oxygens (including phenoxy) is 1. The maximum absolute atomic E-state index is 12.6. The van der Waals surface area contributed by atoms with Crippen molar-refractivity contribution in [2.45, 2.75) is 74.2 Å². The van der Waals surface area contributed by atoms with Crippen LogP contribution in [0, 0.1) is 10.8 Å². The molecule has 0 bridgehead atoms. The second-order valence-electron chi connectivity index (χ2n) is 7.72. The van der Waals surface area contributed by atoms with Crippen LogP contribution in [-0.2, 0) is 9.53 Å². The Morgan fingerprint density at radius 3 is 2.38 bits per heavy atom. The van der Waals surface area contributed by atoms with Crippen molar-refractivity contribution >= 4 is 33.3 Å².